The quantitative estimate of drug-likeness (QED) is 0.116. The molecular weight excluding hydrogens is 527 g/mol. The number of nitrogens with zero attached hydrogens (tertiary/aromatic N) is 1. The summed E-state index contributed by atoms with van der Waals surface area (Å²) in [5, 5.41) is 23.5. The van der Waals surface area contributed by atoms with E-state index in [1.807, 2.05) is 30.0 Å². The van der Waals surface area contributed by atoms with E-state index in [0.717, 1.165) is 68.9 Å². The highest BCUT2D eigenvalue weighted by Gasteiger charge is 2.26. The molecule has 1 atom stereocenters. The first-order chi connectivity index (χ1) is 17.1. The minimum absolute atomic E-state index is 0. The first kappa shape index (κ1) is 33.7. The first-order valence-corrected chi connectivity index (χ1v) is 14.4. The summed E-state index contributed by atoms with van der Waals surface area (Å²) in [7, 11) is 1.73. The molecule has 0 radical (unpaired) electrons. The van der Waals surface area contributed by atoms with E-state index in [2.05, 4.69) is 29.3 Å². The molecular formula is C29H46Cl2N2O3S. The molecule has 0 aliphatic heterocycles. The van der Waals surface area contributed by atoms with E-state index >= 15 is 0 Å². The van der Waals surface area contributed by atoms with E-state index in [9.17, 15) is 10.2 Å². The summed E-state index contributed by atoms with van der Waals surface area (Å²) in [6.45, 7) is 6.73. The Balaban J connectivity index is 0.00000342. The molecule has 5 nitrogen and oxygen atoms in total. The van der Waals surface area contributed by atoms with E-state index in [-0.39, 0.29) is 36.3 Å². The van der Waals surface area contributed by atoms with Crippen LogP contribution in [-0.2, 0) is 12.8 Å². The van der Waals surface area contributed by atoms with Crippen molar-refractivity contribution < 1.29 is 14.9 Å². The fourth-order valence-corrected chi connectivity index (χ4v) is 6.02. The third-order valence-corrected chi connectivity index (χ3v) is 8.08. The predicted molar refractivity (Wildman–Crippen MR) is 162 cm³/mol. The molecule has 1 aliphatic carbocycles. The minimum atomic E-state index is 0. The Kier molecular flexibility index (Phi) is 17.2. The standard InChI is InChI=1S/C29H44N2O3S.2ClH/c1-3-19-31(24-14-15-25-23(22-24)13-16-26(32)29(25)33)20-9-5-4-8-17-30-18-10-21-35-28-12-7-6-11-27(28)34-2;;/h6-7,11-13,16,24,30,32-33H,3-5,8-10,14-15,17-22H2,1-2H3;2*1H. The van der Waals surface area contributed by atoms with Crippen molar-refractivity contribution in [2.75, 3.05) is 39.0 Å². The summed E-state index contributed by atoms with van der Waals surface area (Å²) in [6, 6.07) is 12.4. The number of aromatic hydroxyl groups is 2. The Labute approximate surface area is 240 Å². The highest BCUT2D eigenvalue weighted by Crippen LogP contribution is 2.36. The lowest BCUT2D eigenvalue weighted by atomic mass is 9.86. The van der Waals surface area contributed by atoms with Crippen LogP contribution in [0.25, 0.3) is 0 Å². The van der Waals surface area contributed by atoms with E-state index in [1.165, 1.54) is 42.6 Å². The molecule has 0 saturated carbocycles. The van der Waals surface area contributed by atoms with Gasteiger partial charge < -0.3 is 25.2 Å². The largest absolute Gasteiger partial charge is 0.504 e. The maximum absolute atomic E-state index is 10.2. The highest BCUT2D eigenvalue weighted by atomic mass is 35.5. The maximum atomic E-state index is 10.2. The van der Waals surface area contributed by atoms with Crippen LogP contribution in [0.5, 0.6) is 17.2 Å². The number of phenols is 2. The SMILES string of the molecule is CCCN(CCCCCCNCCCSc1ccccc1OC)C1CCc2c(ccc(O)c2O)C1.Cl.Cl. The molecule has 0 amide bonds. The number of fused-ring (bicyclic) bond motifs is 1. The molecule has 0 heterocycles. The fourth-order valence-electron chi connectivity index (χ4n) is 5.04. The van der Waals surface area contributed by atoms with Gasteiger partial charge in [-0.3, -0.25) is 0 Å². The number of hydrogen-bond donors (Lipinski definition) is 3. The van der Waals surface area contributed by atoms with Gasteiger partial charge in [-0.2, -0.15) is 0 Å². The second kappa shape index (κ2) is 18.9. The zero-order valence-corrected chi connectivity index (χ0v) is 24.9. The van der Waals surface area contributed by atoms with Crippen molar-refractivity contribution in [2.24, 2.45) is 0 Å². The van der Waals surface area contributed by atoms with E-state index in [0.29, 0.717) is 6.04 Å². The topological polar surface area (TPSA) is 65.0 Å². The number of phenolic OH excluding ortho intramolecular Hbond substituents is 2. The average molecular weight is 574 g/mol. The second-order valence-corrected chi connectivity index (χ2v) is 10.7. The van der Waals surface area contributed by atoms with E-state index < -0.39 is 0 Å². The number of nitrogens with one attached hydrogen (secondary N) is 1. The van der Waals surface area contributed by atoms with Gasteiger partial charge in [0.2, 0.25) is 0 Å². The number of ether oxygens (including phenoxy) is 1. The molecule has 1 aliphatic rings. The van der Waals surface area contributed by atoms with Gasteiger partial charge in [-0.25, -0.2) is 0 Å². The van der Waals surface area contributed by atoms with Crippen LogP contribution in [0.4, 0.5) is 0 Å². The van der Waals surface area contributed by atoms with Crippen LogP contribution in [0, 0.1) is 0 Å². The van der Waals surface area contributed by atoms with Gasteiger partial charge in [0.15, 0.2) is 11.5 Å². The van der Waals surface area contributed by atoms with Crippen LogP contribution < -0.4 is 10.1 Å². The van der Waals surface area contributed by atoms with Crippen molar-refractivity contribution >= 4 is 36.6 Å². The zero-order chi connectivity index (χ0) is 24.9. The number of methoxy groups -OCH3 is 1. The third kappa shape index (κ3) is 10.8. The number of halogens is 2. The van der Waals surface area contributed by atoms with E-state index in [4.69, 9.17) is 4.74 Å². The Morgan fingerprint density at radius 2 is 1.73 bits per heavy atom. The Morgan fingerprint density at radius 3 is 2.51 bits per heavy atom. The highest BCUT2D eigenvalue weighted by molar-refractivity contribution is 7.99. The molecule has 2 aromatic carbocycles. The molecule has 1 unspecified atom stereocenters. The maximum Gasteiger partial charge on any atom is 0.160 e. The van der Waals surface area contributed by atoms with Gasteiger partial charge in [-0.05, 0) is 101 Å². The smallest absolute Gasteiger partial charge is 0.160 e. The summed E-state index contributed by atoms with van der Waals surface area (Å²) in [5.74, 6) is 2.17. The lowest BCUT2D eigenvalue weighted by Crippen LogP contribution is -2.40. The lowest BCUT2D eigenvalue weighted by Gasteiger charge is -2.35. The van der Waals surface area contributed by atoms with Crippen molar-refractivity contribution in [3.63, 3.8) is 0 Å². The van der Waals surface area contributed by atoms with E-state index in [1.54, 1.807) is 13.2 Å². The fraction of sp³-hybridized carbons (Fsp3) is 0.586. The molecule has 37 heavy (non-hydrogen) atoms. The average Bonchev–Trinajstić information content (AvgIpc) is 2.88. The van der Waals surface area contributed by atoms with Gasteiger partial charge in [-0.15, -0.1) is 36.6 Å². The molecule has 0 saturated heterocycles. The second-order valence-electron chi connectivity index (χ2n) is 9.52. The van der Waals surface area contributed by atoms with Gasteiger partial charge in [0.1, 0.15) is 5.75 Å². The molecule has 0 fully saturated rings. The van der Waals surface area contributed by atoms with Gasteiger partial charge in [0, 0.05) is 16.5 Å². The van der Waals surface area contributed by atoms with Crippen LogP contribution in [-0.4, -0.2) is 60.2 Å². The van der Waals surface area contributed by atoms with Crippen molar-refractivity contribution in [1.29, 1.82) is 0 Å². The van der Waals surface area contributed by atoms with Crippen LogP contribution >= 0.6 is 36.6 Å². The van der Waals surface area contributed by atoms with Gasteiger partial charge in [0.25, 0.3) is 0 Å². The predicted octanol–water partition coefficient (Wildman–Crippen LogP) is 6.85. The van der Waals surface area contributed by atoms with Crippen molar-refractivity contribution in [2.45, 2.75) is 75.6 Å². The summed E-state index contributed by atoms with van der Waals surface area (Å²) in [4.78, 5) is 3.88. The number of benzene rings is 2. The lowest BCUT2D eigenvalue weighted by molar-refractivity contribution is 0.175. The number of unbranched alkanes of at least 4 members (excludes halogenated alkanes) is 3. The Morgan fingerprint density at radius 1 is 0.973 bits per heavy atom. The Hall–Kier alpha value is -1.31. The molecule has 2 aromatic rings. The monoisotopic (exact) mass is 572 g/mol. The van der Waals surface area contributed by atoms with Crippen LogP contribution in [0.15, 0.2) is 41.3 Å². The minimum Gasteiger partial charge on any atom is -0.504 e. The summed E-state index contributed by atoms with van der Waals surface area (Å²) < 4.78 is 5.42. The van der Waals surface area contributed by atoms with Crippen LogP contribution in [0.1, 0.15) is 63.0 Å². The number of hydrogen-bond acceptors (Lipinski definition) is 6. The summed E-state index contributed by atoms with van der Waals surface area (Å²) >= 11 is 1.87. The first-order valence-electron chi connectivity index (χ1n) is 13.4. The number of thioether (sulfide) groups is 1. The summed E-state index contributed by atoms with van der Waals surface area (Å²) in [6.07, 6.45) is 10.3. The Bertz CT molecular complexity index is 903. The normalized spacial score (nSPS) is 14.5. The zero-order valence-electron chi connectivity index (χ0n) is 22.4. The molecule has 3 N–H and O–H groups in total. The van der Waals surface area contributed by atoms with Crippen molar-refractivity contribution in [1.82, 2.24) is 10.2 Å². The molecule has 8 heteroatoms. The molecule has 0 bridgehead atoms. The van der Waals surface area contributed by atoms with Crippen molar-refractivity contribution in [3.05, 3.63) is 47.5 Å². The van der Waals surface area contributed by atoms with Gasteiger partial charge >= 0.3 is 0 Å². The molecule has 210 valence electrons. The van der Waals surface area contributed by atoms with Gasteiger partial charge in [-0.1, -0.05) is 38.0 Å². The molecule has 0 spiro atoms. The number of rotatable bonds is 16. The van der Waals surface area contributed by atoms with Crippen LogP contribution in [0.3, 0.4) is 0 Å². The molecule has 3 rings (SSSR count). The van der Waals surface area contributed by atoms with Gasteiger partial charge in [0.05, 0.1) is 7.11 Å². The summed E-state index contributed by atoms with van der Waals surface area (Å²) in [5.41, 5.74) is 2.15. The number of para-hydroxylation sites is 1. The van der Waals surface area contributed by atoms with Crippen molar-refractivity contribution in [3.8, 4) is 17.2 Å². The third-order valence-electron chi connectivity index (χ3n) is 6.94. The van der Waals surface area contributed by atoms with Crippen LogP contribution in [0.2, 0.25) is 0 Å². The molecule has 0 aromatic heterocycles.